The number of nitrogens with zero attached hydrogens (tertiary/aromatic N) is 3. The van der Waals surface area contributed by atoms with Gasteiger partial charge in [0.15, 0.2) is 6.17 Å². The number of aryl methyl sites for hydroxylation is 1. The molecule has 2 saturated heterocycles. The van der Waals surface area contributed by atoms with Crippen LogP contribution < -0.4 is 15.6 Å². The van der Waals surface area contributed by atoms with Crippen molar-refractivity contribution in [1.82, 2.24) is 20.1 Å². The lowest BCUT2D eigenvalue weighted by atomic mass is 9.84. The molecule has 2 aliphatic rings. The van der Waals surface area contributed by atoms with Crippen molar-refractivity contribution in [2.24, 2.45) is 7.05 Å². The van der Waals surface area contributed by atoms with E-state index in [0.717, 1.165) is 19.3 Å². The summed E-state index contributed by atoms with van der Waals surface area (Å²) in [6.07, 6.45) is 3.59. The molecule has 2 fully saturated rings. The second kappa shape index (κ2) is 7.36. The number of halogens is 1. The number of rotatable bonds is 3. The number of aromatic nitrogens is 3. The summed E-state index contributed by atoms with van der Waals surface area (Å²) < 4.78 is 22.0. The molecule has 2 aliphatic heterocycles. The van der Waals surface area contributed by atoms with Gasteiger partial charge >= 0.3 is 0 Å². The van der Waals surface area contributed by atoms with Gasteiger partial charge < -0.3 is 19.7 Å². The topological polar surface area (TPSA) is 89.3 Å². The molecule has 0 aliphatic carbocycles. The van der Waals surface area contributed by atoms with Crippen LogP contribution in [0.4, 0.5) is 4.39 Å². The fraction of sp³-hybridized carbons (Fsp3) is 0.409. The van der Waals surface area contributed by atoms with E-state index in [-0.39, 0.29) is 29.3 Å². The Kier molecular flexibility index (Phi) is 4.66. The third-order valence-corrected chi connectivity index (χ3v) is 6.16. The molecule has 2 bridgehead atoms. The van der Waals surface area contributed by atoms with Crippen LogP contribution in [0.5, 0.6) is 11.6 Å². The Morgan fingerprint density at radius 2 is 2.10 bits per heavy atom. The third kappa shape index (κ3) is 3.31. The van der Waals surface area contributed by atoms with E-state index in [4.69, 9.17) is 4.74 Å². The van der Waals surface area contributed by atoms with Gasteiger partial charge in [-0.15, -0.1) is 10.2 Å². The lowest BCUT2D eigenvalue weighted by Crippen LogP contribution is -2.59. The van der Waals surface area contributed by atoms with Crippen LogP contribution in [-0.4, -0.2) is 44.2 Å². The molecule has 30 heavy (non-hydrogen) atoms. The van der Waals surface area contributed by atoms with Crippen LogP contribution >= 0.6 is 0 Å². The number of hydrogen-bond donors (Lipinski definition) is 2. The number of hydrogen-bond acceptors (Lipinski definition) is 6. The quantitative estimate of drug-likeness (QED) is 0.690. The summed E-state index contributed by atoms with van der Waals surface area (Å²) in [4.78, 5) is 12.2. The Hall–Kier alpha value is -3.00. The number of pyridine rings is 1. The highest BCUT2D eigenvalue weighted by Gasteiger charge is 2.41. The zero-order chi connectivity index (χ0) is 20.8. The molecule has 7 nitrogen and oxygen atoms in total. The van der Waals surface area contributed by atoms with E-state index in [1.54, 1.807) is 37.5 Å². The second-order valence-electron chi connectivity index (χ2n) is 8.18. The summed E-state index contributed by atoms with van der Waals surface area (Å²) in [7, 11) is 1.66. The highest BCUT2D eigenvalue weighted by Crippen LogP contribution is 2.33. The summed E-state index contributed by atoms with van der Waals surface area (Å²) in [5, 5.41) is 23.2. The molecule has 2 aromatic heterocycles. The van der Waals surface area contributed by atoms with Gasteiger partial charge in [0.25, 0.3) is 5.56 Å². The number of alkyl halides is 1. The van der Waals surface area contributed by atoms with Crippen molar-refractivity contribution >= 4 is 10.8 Å². The number of phenols is 1. The SMILES string of the molecule is Cn1ccc2cc(-c3ccc(O[C@@H]4CC5CCCC(N5)[C@@H]4F)nn3)c(O)cc2c1=O. The largest absolute Gasteiger partial charge is 0.507 e. The van der Waals surface area contributed by atoms with E-state index >= 15 is 0 Å². The molecule has 0 saturated carbocycles. The molecular formula is C22H23FN4O3. The zero-order valence-corrected chi connectivity index (χ0v) is 16.6. The molecule has 8 heteroatoms. The van der Waals surface area contributed by atoms with Gasteiger partial charge in [0.05, 0.1) is 11.1 Å². The van der Waals surface area contributed by atoms with Gasteiger partial charge in [-0.2, -0.15) is 0 Å². The number of aromatic hydroxyl groups is 1. The van der Waals surface area contributed by atoms with Gasteiger partial charge in [0.1, 0.15) is 11.9 Å². The molecule has 0 amide bonds. The highest BCUT2D eigenvalue weighted by atomic mass is 19.1. The van der Waals surface area contributed by atoms with Crippen molar-refractivity contribution < 1.29 is 14.2 Å². The van der Waals surface area contributed by atoms with E-state index in [0.29, 0.717) is 28.5 Å². The first-order valence-electron chi connectivity index (χ1n) is 10.2. The number of phenolic OH excluding ortho intramolecular Hbond substituents is 1. The third-order valence-electron chi connectivity index (χ3n) is 6.16. The van der Waals surface area contributed by atoms with Crippen molar-refractivity contribution in [3.63, 3.8) is 0 Å². The molecule has 0 spiro atoms. The average molecular weight is 410 g/mol. The van der Waals surface area contributed by atoms with E-state index in [1.165, 1.54) is 10.6 Å². The van der Waals surface area contributed by atoms with Gasteiger partial charge in [0, 0.05) is 43.4 Å². The van der Waals surface area contributed by atoms with E-state index < -0.39 is 12.3 Å². The first-order valence-corrected chi connectivity index (χ1v) is 10.2. The minimum atomic E-state index is -1.07. The van der Waals surface area contributed by atoms with Crippen molar-refractivity contribution in [2.75, 3.05) is 0 Å². The lowest BCUT2D eigenvalue weighted by molar-refractivity contribution is 0.00652. The summed E-state index contributed by atoms with van der Waals surface area (Å²) >= 11 is 0. The highest BCUT2D eigenvalue weighted by molar-refractivity contribution is 5.89. The van der Waals surface area contributed by atoms with E-state index in [1.807, 2.05) is 0 Å². The molecule has 1 aromatic carbocycles. The Balaban J connectivity index is 1.39. The molecule has 3 aromatic rings. The molecule has 4 heterocycles. The summed E-state index contributed by atoms with van der Waals surface area (Å²) in [6, 6.07) is 8.41. The van der Waals surface area contributed by atoms with Crippen molar-refractivity contribution in [3.05, 3.63) is 46.9 Å². The lowest BCUT2D eigenvalue weighted by Gasteiger charge is -2.42. The van der Waals surface area contributed by atoms with Gasteiger partial charge in [-0.1, -0.05) is 6.42 Å². The molecule has 2 N–H and O–H groups in total. The van der Waals surface area contributed by atoms with Gasteiger partial charge in [-0.05, 0) is 42.5 Å². The predicted octanol–water partition coefficient (Wildman–Crippen LogP) is 2.70. The van der Waals surface area contributed by atoms with Crippen LogP contribution in [0, 0.1) is 0 Å². The maximum Gasteiger partial charge on any atom is 0.258 e. The van der Waals surface area contributed by atoms with Crippen molar-refractivity contribution in [1.29, 1.82) is 0 Å². The first-order chi connectivity index (χ1) is 14.5. The van der Waals surface area contributed by atoms with Crippen LogP contribution in [0.25, 0.3) is 22.0 Å². The Bertz CT molecular complexity index is 1150. The minimum Gasteiger partial charge on any atom is -0.507 e. The number of fused-ring (bicyclic) bond motifs is 3. The van der Waals surface area contributed by atoms with Crippen molar-refractivity contribution in [2.45, 2.75) is 50.0 Å². The fourth-order valence-corrected chi connectivity index (χ4v) is 4.54. The molecule has 4 atom stereocenters. The van der Waals surface area contributed by atoms with Crippen molar-refractivity contribution in [3.8, 4) is 22.9 Å². The van der Waals surface area contributed by atoms with Crippen LogP contribution in [0.15, 0.2) is 41.3 Å². The minimum absolute atomic E-state index is 0.0521. The Labute approximate surface area is 172 Å². The normalized spacial score (nSPS) is 25.9. The maximum absolute atomic E-state index is 14.7. The standard InChI is InChI=1S/C22H23FN4O3/c1-27-8-7-12-9-15(18(28)11-14(12)22(27)29)16-5-6-20(26-25-16)30-19-10-13-3-2-4-17(24-13)21(19)23/h5-9,11,13,17,19,21,24,28H,2-4,10H2,1H3/t13?,17?,19-,21+/m1/s1. The molecule has 5 rings (SSSR count). The fourth-order valence-electron chi connectivity index (χ4n) is 4.54. The molecular weight excluding hydrogens is 387 g/mol. The van der Waals surface area contributed by atoms with Crippen LogP contribution in [-0.2, 0) is 7.05 Å². The zero-order valence-electron chi connectivity index (χ0n) is 16.6. The van der Waals surface area contributed by atoms with E-state index in [9.17, 15) is 14.3 Å². The van der Waals surface area contributed by atoms with Gasteiger partial charge in [-0.25, -0.2) is 4.39 Å². The maximum atomic E-state index is 14.7. The second-order valence-corrected chi connectivity index (χ2v) is 8.18. The first kappa shape index (κ1) is 19.0. The molecule has 2 unspecified atom stereocenters. The van der Waals surface area contributed by atoms with Gasteiger partial charge in [0.2, 0.25) is 5.88 Å². The van der Waals surface area contributed by atoms with Crippen LogP contribution in [0.3, 0.4) is 0 Å². The summed E-state index contributed by atoms with van der Waals surface area (Å²) in [5.74, 6) is 0.212. The molecule has 156 valence electrons. The number of ether oxygens (including phenoxy) is 1. The van der Waals surface area contributed by atoms with Crippen LogP contribution in [0.1, 0.15) is 25.7 Å². The Morgan fingerprint density at radius 1 is 1.23 bits per heavy atom. The smallest absolute Gasteiger partial charge is 0.258 e. The van der Waals surface area contributed by atoms with E-state index in [2.05, 4.69) is 15.5 Å². The monoisotopic (exact) mass is 410 g/mol. The summed E-state index contributed by atoms with van der Waals surface area (Å²) in [5.41, 5.74) is 0.729. The number of piperidine rings is 2. The summed E-state index contributed by atoms with van der Waals surface area (Å²) in [6.45, 7) is 0. The number of benzene rings is 1. The average Bonchev–Trinajstić information content (AvgIpc) is 2.75. The number of nitrogens with one attached hydrogen (secondary N) is 1. The van der Waals surface area contributed by atoms with Gasteiger partial charge in [-0.3, -0.25) is 4.79 Å². The molecule has 0 radical (unpaired) electrons. The predicted molar refractivity (Wildman–Crippen MR) is 110 cm³/mol. The Morgan fingerprint density at radius 3 is 2.90 bits per heavy atom. The van der Waals surface area contributed by atoms with Crippen LogP contribution in [0.2, 0.25) is 0 Å².